The first-order chi connectivity index (χ1) is 8.16. The summed E-state index contributed by atoms with van der Waals surface area (Å²) in [6.07, 6.45) is 3.99. The van der Waals surface area contributed by atoms with Gasteiger partial charge in [-0.2, -0.15) is 5.26 Å². The summed E-state index contributed by atoms with van der Waals surface area (Å²) in [5.74, 6) is 0.455. The number of rotatable bonds is 4. The summed E-state index contributed by atoms with van der Waals surface area (Å²) in [5.41, 5.74) is -0.718. The van der Waals surface area contributed by atoms with E-state index < -0.39 is 5.41 Å². The van der Waals surface area contributed by atoms with Gasteiger partial charge in [-0.1, -0.05) is 6.92 Å². The highest BCUT2D eigenvalue weighted by atomic mass is 16.2. The monoisotopic (exact) mass is 235 g/mol. The molecule has 2 aliphatic rings. The lowest BCUT2D eigenvalue weighted by atomic mass is 9.63. The van der Waals surface area contributed by atoms with Gasteiger partial charge in [0.25, 0.3) is 0 Å². The molecule has 1 saturated carbocycles. The molecule has 0 radical (unpaired) electrons. The molecule has 1 saturated heterocycles. The largest absolute Gasteiger partial charge is 0.353 e. The molecule has 1 heterocycles. The molecule has 0 spiro atoms. The molecule has 0 aromatic rings. The molecule has 1 amide bonds. The lowest BCUT2D eigenvalue weighted by Crippen LogP contribution is -2.49. The lowest BCUT2D eigenvalue weighted by molar-refractivity contribution is -0.133. The Balaban J connectivity index is 1.71. The van der Waals surface area contributed by atoms with Crippen LogP contribution in [0.5, 0.6) is 0 Å². The highest BCUT2D eigenvalue weighted by Gasteiger charge is 2.48. The Labute approximate surface area is 103 Å². The van der Waals surface area contributed by atoms with Gasteiger partial charge in [-0.25, -0.2) is 0 Å². The molecule has 0 aromatic heterocycles. The Bertz CT molecular complexity index is 322. The topological polar surface area (TPSA) is 56.1 Å². The number of likely N-dealkylation sites (tertiary alicyclic amines) is 1. The molecule has 94 valence electrons. The zero-order valence-electron chi connectivity index (χ0n) is 10.5. The third-order valence-corrected chi connectivity index (χ3v) is 3.95. The fraction of sp³-hybridized carbons (Fsp3) is 0.846. The molecule has 0 atom stereocenters. The average molecular weight is 235 g/mol. The molecule has 4 heteroatoms. The maximum Gasteiger partial charge on any atom is 0.240 e. The van der Waals surface area contributed by atoms with Crippen molar-refractivity contribution in [3.63, 3.8) is 0 Å². The summed E-state index contributed by atoms with van der Waals surface area (Å²) in [4.78, 5) is 14.3. The molecule has 2 rings (SSSR count). The Morgan fingerprint density at radius 2 is 2.12 bits per heavy atom. The van der Waals surface area contributed by atoms with Gasteiger partial charge in [0.2, 0.25) is 5.91 Å². The number of nitriles is 1. The third kappa shape index (κ3) is 2.61. The average Bonchev–Trinajstić information content (AvgIpc) is 2.77. The van der Waals surface area contributed by atoms with Crippen LogP contribution in [0, 0.1) is 22.7 Å². The van der Waals surface area contributed by atoms with E-state index in [0.29, 0.717) is 12.5 Å². The highest BCUT2D eigenvalue weighted by Crippen LogP contribution is 2.44. The summed E-state index contributed by atoms with van der Waals surface area (Å²) in [5, 5.41) is 12.0. The number of amides is 1. The zero-order chi connectivity index (χ0) is 12.3. The predicted octanol–water partition coefficient (Wildman–Crippen LogP) is 1.14. The minimum atomic E-state index is -0.718. The first-order valence-corrected chi connectivity index (χ1v) is 6.58. The van der Waals surface area contributed by atoms with Gasteiger partial charge in [0.15, 0.2) is 0 Å². The van der Waals surface area contributed by atoms with E-state index in [1.807, 2.05) is 0 Å². The Hall–Kier alpha value is -1.08. The number of nitrogens with one attached hydrogen (secondary N) is 1. The van der Waals surface area contributed by atoms with E-state index >= 15 is 0 Å². The molecule has 1 aliphatic carbocycles. The van der Waals surface area contributed by atoms with Crippen molar-refractivity contribution in [1.29, 1.82) is 5.26 Å². The Morgan fingerprint density at radius 1 is 1.47 bits per heavy atom. The van der Waals surface area contributed by atoms with E-state index in [4.69, 9.17) is 5.26 Å². The van der Waals surface area contributed by atoms with E-state index in [9.17, 15) is 4.79 Å². The number of hydrogen-bond donors (Lipinski definition) is 1. The maximum atomic E-state index is 11.9. The molecule has 1 aliphatic heterocycles. The van der Waals surface area contributed by atoms with E-state index in [1.165, 1.54) is 12.8 Å². The minimum Gasteiger partial charge on any atom is -0.353 e. The van der Waals surface area contributed by atoms with Crippen LogP contribution in [0.25, 0.3) is 0 Å². The van der Waals surface area contributed by atoms with Crippen LogP contribution in [0.1, 0.15) is 32.6 Å². The Kier molecular flexibility index (Phi) is 3.68. The standard InChI is InChI=1S/C13H21N3O/c1-11-8-13(9-11,10-14)12(17)15-4-7-16-5-2-3-6-16/h11H,2-9H2,1H3,(H,15,17). The van der Waals surface area contributed by atoms with Gasteiger partial charge in [-0.3, -0.25) is 4.79 Å². The van der Waals surface area contributed by atoms with Crippen molar-refractivity contribution in [2.75, 3.05) is 26.2 Å². The van der Waals surface area contributed by atoms with Crippen LogP contribution in [0.15, 0.2) is 0 Å². The van der Waals surface area contributed by atoms with Crippen LogP contribution >= 0.6 is 0 Å². The third-order valence-electron chi connectivity index (χ3n) is 3.95. The molecule has 1 N–H and O–H groups in total. The number of carbonyl (C=O) groups excluding carboxylic acids is 1. The van der Waals surface area contributed by atoms with E-state index in [0.717, 1.165) is 32.5 Å². The summed E-state index contributed by atoms with van der Waals surface area (Å²) < 4.78 is 0. The van der Waals surface area contributed by atoms with Gasteiger partial charge >= 0.3 is 0 Å². The Morgan fingerprint density at radius 3 is 2.65 bits per heavy atom. The summed E-state index contributed by atoms with van der Waals surface area (Å²) in [7, 11) is 0. The molecule has 17 heavy (non-hydrogen) atoms. The first-order valence-electron chi connectivity index (χ1n) is 6.58. The van der Waals surface area contributed by atoms with Gasteiger partial charge in [0.05, 0.1) is 6.07 Å². The first kappa shape index (κ1) is 12.4. The number of carbonyl (C=O) groups is 1. The zero-order valence-corrected chi connectivity index (χ0v) is 10.5. The van der Waals surface area contributed by atoms with Crippen LogP contribution in [-0.2, 0) is 4.79 Å². The van der Waals surface area contributed by atoms with Crippen molar-refractivity contribution in [3.8, 4) is 6.07 Å². The molecule has 0 unspecified atom stereocenters. The van der Waals surface area contributed by atoms with Gasteiger partial charge in [-0.05, 0) is 44.7 Å². The van der Waals surface area contributed by atoms with E-state index in [2.05, 4.69) is 23.2 Å². The minimum absolute atomic E-state index is 0.0581. The van der Waals surface area contributed by atoms with Crippen LogP contribution in [0.4, 0.5) is 0 Å². The van der Waals surface area contributed by atoms with Crippen LogP contribution in [0.3, 0.4) is 0 Å². The van der Waals surface area contributed by atoms with Crippen molar-refractivity contribution < 1.29 is 4.79 Å². The molecular weight excluding hydrogens is 214 g/mol. The summed E-state index contributed by atoms with van der Waals surface area (Å²) in [6, 6.07) is 2.20. The van der Waals surface area contributed by atoms with Gasteiger partial charge in [-0.15, -0.1) is 0 Å². The number of hydrogen-bond acceptors (Lipinski definition) is 3. The number of nitrogens with zero attached hydrogens (tertiary/aromatic N) is 2. The molecule has 4 nitrogen and oxygen atoms in total. The highest BCUT2D eigenvalue weighted by molar-refractivity contribution is 5.86. The van der Waals surface area contributed by atoms with E-state index in [1.54, 1.807) is 0 Å². The normalized spacial score (nSPS) is 32.8. The fourth-order valence-electron chi connectivity index (χ4n) is 2.96. The summed E-state index contributed by atoms with van der Waals surface area (Å²) in [6.45, 7) is 5.99. The van der Waals surface area contributed by atoms with Gasteiger partial charge in [0, 0.05) is 13.1 Å². The fourth-order valence-corrected chi connectivity index (χ4v) is 2.96. The molecule has 0 bridgehead atoms. The van der Waals surface area contributed by atoms with Crippen LogP contribution in [0.2, 0.25) is 0 Å². The quantitative estimate of drug-likeness (QED) is 0.795. The molecule has 0 aromatic carbocycles. The van der Waals surface area contributed by atoms with Crippen molar-refractivity contribution >= 4 is 5.91 Å². The van der Waals surface area contributed by atoms with Crippen molar-refractivity contribution in [3.05, 3.63) is 0 Å². The smallest absolute Gasteiger partial charge is 0.240 e. The van der Waals surface area contributed by atoms with Crippen LogP contribution < -0.4 is 5.32 Å². The van der Waals surface area contributed by atoms with Crippen molar-refractivity contribution in [2.24, 2.45) is 11.3 Å². The molecular formula is C13H21N3O. The SMILES string of the molecule is CC1CC(C#N)(C(=O)NCCN2CCCC2)C1. The summed E-state index contributed by atoms with van der Waals surface area (Å²) >= 11 is 0. The molecule has 2 fully saturated rings. The van der Waals surface area contributed by atoms with E-state index in [-0.39, 0.29) is 5.91 Å². The predicted molar refractivity (Wildman–Crippen MR) is 65.1 cm³/mol. The van der Waals surface area contributed by atoms with Crippen molar-refractivity contribution in [1.82, 2.24) is 10.2 Å². The lowest BCUT2D eigenvalue weighted by Gasteiger charge is -2.39. The van der Waals surface area contributed by atoms with Crippen molar-refractivity contribution in [2.45, 2.75) is 32.6 Å². The van der Waals surface area contributed by atoms with Crippen LogP contribution in [-0.4, -0.2) is 37.0 Å². The maximum absolute atomic E-state index is 11.9. The second kappa shape index (κ2) is 5.05. The van der Waals surface area contributed by atoms with Gasteiger partial charge < -0.3 is 10.2 Å². The second-order valence-electron chi connectivity index (χ2n) is 5.51. The second-order valence-corrected chi connectivity index (χ2v) is 5.51. The van der Waals surface area contributed by atoms with Gasteiger partial charge in [0.1, 0.15) is 5.41 Å².